The van der Waals surface area contributed by atoms with Crippen LogP contribution in [-0.4, -0.2) is 26.8 Å². The van der Waals surface area contributed by atoms with E-state index in [1.807, 2.05) is 18.2 Å². The van der Waals surface area contributed by atoms with E-state index < -0.39 is 0 Å². The third kappa shape index (κ3) is 5.69. The maximum atomic E-state index is 13.1. The Balaban J connectivity index is 1.36. The van der Waals surface area contributed by atoms with Gasteiger partial charge < -0.3 is 15.7 Å². The van der Waals surface area contributed by atoms with Gasteiger partial charge in [0.2, 0.25) is 0 Å². The number of halogens is 2. The minimum Gasteiger partial charge on any atom is -0.507 e. The molecule has 1 saturated carbocycles. The molecule has 0 radical (unpaired) electrons. The minimum atomic E-state index is -0.385. The van der Waals surface area contributed by atoms with E-state index in [-0.39, 0.29) is 30.2 Å². The highest BCUT2D eigenvalue weighted by Gasteiger charge is 2.31. The molecule has 38 heavy (non-hydrogen) atoms. The zero-order chi connectivity index (χ0) is 26.8. The normalized spacial score (nSPS) is 12.8. The molecule has 3 aromatic carbocycles. The first-order chi connectivity index (χ1) is 18.3. The fraction of sp³-hybridized carbons (Fsp3) is 0.207. The van der Waals surface area contributed by atoms with Crippen LogP contribution in [0.3, 0.4) is 0 Å². The molecule has 0 spiro atoms. The number of nitrogens with zero attached hydrogens (tertiary/aromatic N) is 2. The largest absolute Gasteiger partial charge is 0.507 e. The fourth-order valence-electron chi connectivity index (χ4n) is 4.18. The number of carbonyl (C=O) groups excluding carboxylic acids is 2. The number of phenolic OH excluding ortho intramolecular Hbond substituents is 1. The van der Waals surface area contributed by atoms with E-state index in [0.29, 0.717) is 32.6 Å². The molecule has 1 aromatic heterocycles. The summed E-state index contributed by atoms with van der Waals surface area (Å²) in [4.78, 5) is 25.8. The second-order valence-electron chi connectivity index (χ2n) is 9.28. The van der Waals surface area contributed by atoms with E-state index >= 15 is 0 Å². The average molecular weight is 549 g/mol. The molecular weight excluding hydrogens is 523 g/mol. The van der Waals surface area contributed by atoms with Crippen LogP contribution in [0.5, 0.6) is 5.75 Å². The van der Waals surface area contributed by atoms with Crippen molar-refractivity contribution in [3.63, 3.8) is 0 Å². The molecule has 1 fully saturated rings. The van der Waals surface area contributed by atoms with E-state index in [1.54, 1.807) is 42.5 Å². The summed E-state index contributed by atoms with van der Waals surface area (Å²) in [5, 5.41) is 21.7. The van der Waals surface area contributed by atoms with Gasteiger partial charge in [0.1, 0.15) is 5.75 Å². The predicted molar refractivity (Wildman–Crippen MR) is 149 cm³/mol. The lowest BCUT2D eigenvalue weighted by Crippen LogP contribution is -2.30. The van der Waals surface area contributed by atoms with Gasteiger partial charge >= 0.3 is 6.03 Å². The van der Waals surface area contributed by atoms with Crippen LogP contribution >= 0.6 is 23.2 Å². The molecule has 1 aliphatic rings. The molecule has 0 saturated heterocycles. The Morgan fingerprint density at radius 2 is 1.71 bits per heavy atom. The van der Waals surface area contributed by atoms with Crippen molar-refractivity contribution in [2.75, 3.05) is 5.32 Å². The van der Waals surface area contributed by atoms with Crippen molar-refractivity contribution in [1.29, 1.82) is 0 Å². The number of benzene rings is 3. The number of rotatable bonds is 7. The molecular formula is C29H26Cl2N4O3. The number of anilines is 1. The smallest absolute Gasteiger partial charge is 0.342 e. The van der Waals surface area contributed by atoms with Gasteiger partial charge in [0.15, 0.2) is 0 Å². The number of hydrogen-bond donors (Lipinski definition) is 3. The zero-order valence-electron chi connectivity index (χ0n) is 20.7. The summed E-state index contributed by atoms with van der Waals surface area (Å²) in [5.41, 5.74) is 4.64. The maximum absolute atomic E-state index is 13.1. The third-order valence-electron chi connectivity index (χ3n) is 6.51. The molecule has 7 nitrogen and oxygen atoms in total. The molecule has 5 rings (SSSR count). The molecule has 0 bridgehead atoms. The van der Waals surface area contributed by atoms with Crippen LogP contribution in [0.2, 0.25) is 10.0 Å². The van der Waals surface area contributed by atoms with Crippen molar-refractivity contribution in [2.24, 2.45) is 0 Å². The number of aryl methyl sites for hydroxylation is 1. The predicted octanol–water partition coefficient (Wildman–Crippen LogP) is 7.01. The molecule has 2 amide bonds. The maximum Gasteiger partial charge on any atom is 0.342 e. The van der Waals surface area contributed by atoms with Crippen molar-refractivity contribution in [3.05, 3.63) is 99.2 Å². The van der Waals surface area contributed by atoms with Gasteiger partial charge in [-0.05, 0) is 78.9 Å². The summed E-state index contributed by atoms with van der Waals surface area (Å²) < 4.78 is 1.35. The Morgan fingerprint density at radius 1 is 0.974 bits per heavy atom. The van der Waals surface area contributed by atoms with Gasteiger partial charge in [-0.15, -0.1) is 0 Å². The van der Waals surface area contributed by atoms with Crippen molar-refractivity contribution in [1.82, 2.24) is 15.1 Å². The van der Waals surface area contributed by atoms with Crippen LogP contribution in [0.15, 0.2) is 66.7 Å². The Hall–Kier alpha value is -3.81. The summed E-state index contributed by atoms with van der Waals surface area (Å²) >= 11 is 12.1. The number of hydrogen-bond acceptors (Lipinski definition) is 4. The summed E-state index contributed by atoms with van der Waals surface area (Å²) in [6.45, 7) is 2.31. The molecule has 1 aliphatic carbocycles. The molecule has 0 aliphatic heterocycles. The molecule has 194 valence electrons. The molecule has 9 heteroatoms. The molecule has 4 aromatic rings. The minimum absolute atomic E-state index is 0.00138. The van der Waals surface area contributed by atoms with Crippen LogP contribution in [0.1, 0.15) is 52.9 Å². The topological polar surface area (TPSA) is 96.2 Å². The van der Waals surface area contributed by atoms with Crippen LogP contribution in [0.25, 0.3) is 11.3 Å². The number of nitrogens with one attached hydrogen (secondary N) is 2. The first kappa shape index (κ1) is 25.8. The Kier molecular flexibility index (Phi) is 7.40. The Morgan fingerprint density at radius 3 is 2.39 bits per heavy atom. The number of aromatic nitrogens is 2. The second kappa shape index (κ2) is 10.9. The van der Waals surface area contributed by atoms with Crippen molar-refractivity contribution >= 4 is 40.8 Å². The molecule has 0 unspecified atom stereocenters. The first-order valence-electron chi connectivity index (χ1n) is 12.4. The highest BCUT2D eigenvalue weighted by Crippen LogP contribution is 2.42. The quantitative estimate of drug-likeness (QED) is 0.216. The molecule has 1 heterocycles. The van der Waals surface area contributed by atoms with Gasteiger partial charge in [-0.2, -0.15) is 9.78 Å². The van der Waals surface area contributed by atoms with Crippen LogP contribution in [-0.2, 0) is 13.0 Å². The number of aromatic hydroxyl groups is 1. The summed E-state index contributed by atoms with van der Waals surface area (Å²) in [6.07, 6.45) is 2.82. The van der Waals surface area contributed by atoms with Gasteiger partial charge in [0.05, 0.1) is 21.4 Å². The van der Waals surface area contributed by atoms with Crippen LogP contribution in [0.4, 0.5) is 10.5 Å². The van der Waals surface area contributed by atoms with Gasteiger partial charge in [-0.3, -0.25) is 4.79 Å². The number of phenols is 1. The Labute approximate surface area is 230 Å². The zero-order valence-corrected chi connectivity index (χ0v) is 22.2. The van der Waals surface area contributed by atoms with E-state index in [9.17, 15) is 14.7 Å². The average Bonchev–Trinajstić information content (AvgIpc) is 3.68. The van der Waals surface area contributed by atoms with Gasteiger partial charge in [-0.25, -0.2) is 4.79 Å². The summed E-state index contributed by atoms with van der Waals surface area (Å²) in [6, 6.07) is 18.8. The van der Waals surface area contributed by atoms with Crippen molar-refractivity contribution < 1.29 is 14.7 Å². The lowest BCUT2D eigenvalue weighted by molar-refractivity contribution is 0.102. The number of carbonyl (C=O) groups is 2. The van der Waals surface area contributed by atoms with E-state index in [2.05, 4.69) is 22.7 Å². The monoisotopic (exact) mass is 548 g/mol. The van der Waals surface area contributed by atoms with Gasteiger partial charge in [0, 0.05) is 29.3 Å². The summed E-state index contributed by atoms with van der Waals surface area (Å²) in [7, 11) is 0. The van der Waals surface area contributed by atoms with Gasteiger partial charge in [0.25, 0.3) is 5.91 Å². The van der Waals surface area contributed by atoms with E-state index in [4.69, 9.17) is 23.2 Å². The molecule has 3 N–H and O–H groups in total. The Bertz CT molecular complexity index is 1510. The second-order valence-corrected chi connectivity index (χ2v) is 10.1. The lowest BCUT2D eigenvalue weighted by atomic mass is 10.1. The van der Waals surface area contributed by atoms with Crippen LogP contribution in [0, 0.1) is 0 Å². The van der Waals surface area contributed by atoms with E-state index in [1.165, 1.54) is 10.7 Å². The number of amides is 2. The van der Waals surface area contributed by atoms with Gasteiger partial charge in [-0.1, -0.05) is 48.3 Å². The van der Waals surface area contributed by atoms with E-state index in [0.717, 1.165) is 36.1 Å². The third-order valence-corrected chi connectivity index (χ3v) is 7.25. The van der Waals surface area contributed by atoms with Crippen molar-refractivity contribution in [2.45, 2.75) is 38.6 Å². The summed E-state index contributed by atoms with van der Waals surface area (Å²) in [5.74, 6) is -0.0308. The highest BCUT2D eigenvalue weighted by molar-refractivity contribution is 6.42. The highest BCUT2D eigenvalue weighted by atomic mass is 35.5. The first-order valence-corrected chi connectivity index (χ1v) is 13.1. The van der Waals surface area contributed by atoms with Crippen LogP contribution < -0.4 is 10.6 Å². The fourth-order valence-corrected chi connectivity index (χ4v) is 4.50. The standard InChI is InChI=1S/C29H26Cl2N4O3/c1-2-17-3-6-20(7-4-17)28(37)33-21-10-12-27(36)22(14-21)25-15-26(19-8-9-19)35(34-25)29(38)32-16-18-5-11-23(30)24(31)13-18/h3-7,10-15,19,36H,2,8-9,16H2,1H3,(H,32,38)(H,33,37). The SMILES string of the molecule is CCc1ccc(C(=O)Nc2ccc(O)c(-c3cc(C4CC4)n(C(=O)NCc4ccc(Cl)c(Cl)c4)n3)c2)cc1. The molecule has 0 atom stereocenters. The van der Waals surface area contributed by atoms with Crippen molar-refractivity contribution in [3.8, 4) is 17.0 Å². The lowest BCUT2D eigenvalue weighted by Gasteiger charge is -2.09.